The molecule has 0 fully saturated rings. The van der Waals surface area contributed by atoms with Gasteiger partial charge in [0.2, 0.25) is 5.91 Å². The minimum Gasteiger partial charge on any atom is -0.397 e. The molecule has 0 unspecified atom stereocenters. The monoisotopic (exact) mass is 252 g/mol. The van der Waals surface area contributed by atoms with Crippen LogP contribution in [0.15, 0.2) is 18.2 Å². The smallest absolute Gasteiger partial charge is 0.271 e. The highest BCUT2D eigenvalue weighted by Crippen LogP contribution is 2.23. The maximum Gasteiger partial charge on any atom is 0.271 e. The Morgan fingerprint density at radius 3 is 2.67 bits per heavy atom. The van der Waals surface area contributed by atoms with Crippen LogP contribution in [0.2, 0.25) is 0 Å². The van der Waals surface area contributed by atoms with E-state index >= 15 is 0 Å². The maximum absolute atomic E-state index is 11.4. The molecule has 0 aromatic heterocycles. The summed E-state index contributed by atoms with van der Waals surface area (Å²) >= 11 is 0. The van der Waals surface area contributed by atoms with E-state index in [2.05, 4.69) is 10.6 Å². The van der Waals surface area contributed by atoms with Gasteiger partial charge in [-0.05, 0) is 19.9 Å². The average Bonchev–Trinajstić information content (AvgIpc) is 2.26. The van der Waals surface area contributed by atoms with Gasteiger partial charge in [-0.3, -0.25) is 14.9 Å². The third-order valence-electron chi connectivity index (χ3n) is 2.14. The van der Waals surface area contributed by atoms with E-state index in [0.717, 1.165) is 0 Å². The van der Waals surface area contributed by atoms with E-state index in [1.165, 1.54) is 18.2 Å². The molecule has 0 saturated carbocycles. The summed E-state index contributed by atoms with van der Waals surface area (Å²) in [6.45, 7) is 3.79. The number of nitrogen functional groups attached to an aromatic ring is 1. The summed E-state index contributed by atoms with van der Waals surface area (Å²) in [5.74, 6) is -0.164. The lowest BCUT2D eigenvalue weighted by Gasteiger charge is -2.11. The summed E-state index contributed by atoms with van der Waals surface area (Å²) in [4.78, 5) is 21.4. The van der Waals surface area contributed by atoms with Crippen LogP contribution in [0.4, 0.5) is 17.1 Å². The van der Waals surface area contributed by atoms with Crippen LogP contribution in [0, 0.1) is 10.1 Å². The average molecular weight is 252 g/mol. The molecule has 0 aliphatic carbocycles. The number of rotatable bonds is 5. The summed E-state index contributed by atoms with van der Waals surface area (Å²) in [7, 11) is 0. The Bertz CT molecular complexity index is 460. The van der Waals surface area contributed by atoms with Crippen molar-refractivity contribution in [1.29, 1.82) is 0 Å². The van der Waals surface area contributed by atoms with Gasteiger partial charge >= 0.3 is 0 Å². The third kappa shape index (κ3) is 3.93. The summed E-state index contributed by atoms with van der Waals surface area (Å²) in [6.07, 6.45) is 0. The van der Waals surface area contributed by atoms with Crippen molar-refractivity contribution >= 4 is 23.0 Å². The first-order chi connectivity index (χ1) is 8.40. The molecule has 0 aliphatic heterocycles. The fourth-order valence-corrected chi connectivity index (χ4v) is 1.37. The van der Waals surface area contributed by atoms with Crippen molar-refractivity contribution in [3.63, 3.8) is 0 Å². The van der Waals surface area contributed by atoms with Gasteiger partial charge in [0, 0.05) is 18.2 Å². The van der Waals surface area contributed by atoms with Crippen molar-refractivity contribution in [2.24, 2.45) is 0 Å². The number of nitrogens with two attached hydrogens (primary N) is 1. The van der Waals surface area contributed by atoms with Gasteiger partial charge in [-0.2, -0.15) is 0 Å². The zero-order valence-corrected chi connectivity index (χ0v) is 10.3. The van der Waals surface area contributed by atoms with Crippen molar-refractivity contribution in [2.75, 3.05) is 17.6 Å². The summed E-state index contributed by atoms with van der Waals surface area (Å²) in [5, 5.41) is 16.1. The van der Waals surface area contributed by atoms with Crippen LogP contribution in [0.25, 0.3) is 0 Å². The Kier molecular flexibility index (Phi) is 4.47. The fourth-order valence-electron chi connectivity index (χ4n) is 1.37. The van der Waals surface area contributed by atoms with E-state index in [-0.39, 0.29) is 29.9 Å². The van der Waals surface area contributed by atoms with E-state index in [0.29, 0.717) is 5.69 Å². The second-order valence-electron chi connectivity index (χ2n) is 4.10. The standard InChI is InChI=1S/C11H16N4O3/c1-7(2)14-11(16)6-13-10-4-3-8(15(17)18)5-9(10)12/h3-5,7,13H,6,12H2,1-2H3,(H,14,16). The van der Waals surface area contributed by atoms with E-state index < -0.39 is 4.92 Å². The van der Waals surface area contributed by atoms with Gasteiger partial charge in [0.1, 0.15) is 0 Å². The van der Waals surface area contributed by atoms with Crippen molar-refractivity contribution in [1.82, 2.24) is 5.32 Å². The Morgan fingerprint density at radius 1 is 1.50 bits per heavy atom. The summed E-state index contributed by atoms with van der Waals surface area (Å²) in [6, 6.07) is 4.13. The number of benzene rings is 1. The van der Waals surface area contributed by atoms with Gasteiger partial charge in [0.05, 0.1) is 22.8 Å². The molecule has 0 saturated heterocycles. The van der Waals surface area contributed by atoms with Crippen LogP contribution in [0.1, 0.15) is 13.8 Å². The molecular weight excluding hydrogens is 236 g/mol. The quantitative estimate of drug-likeness (QED) is 0.413. The number of nitrogens with one attached hydrogen (secondary N) is 2. The highest BCUT2D eigenvalue weighted by atomic mass is 16.6. The van der Waals surface area contributed by atoms with Crippen LogP contribution in [-0.2, 0) is 4.79 Å². The predicted molar refractivity (Wildman–Crippen MR) is 69.3 cm³/mol. The van der Waals surface area contributed by atoms with Crippen molar-refractivity contribution < 1.29 is 9.72 Å². The Balaban J connectivity index is 2.63. The van der Waals surface area contributed by atoms with Crippen LogP contribution in [0.3, 0.4) is 0 Å². The Labute approximate surface area is 105 Å². The number of nitro benzene ring substituents is 1. The first-order valence-corrected chi connectivity index (χ1v) is 5.47. The van der Waals surface area contributed by atoms with Gasteiger partial charge in [-0.15, -0.1) is 0 Å². The van der Waals surface area contributed by atoms with Gasteiger partial charge in [-0.1, -0.05) is 0 Å². The molecule has 7 heteroatoms. The number of hydrogen-bond acceptors (Lipinski definition) is 5. The molecule has 0 spiro atoms. The fraction of sp³-hybridized carbons (Fsp3) is 0.364. The Hall–Kier alpha value is -2.31. The van der Waals surface area contributed by atoms with E-state index in [1.54, 1.807) is 0 Å². The lowest BCUT2D eigenvalue weighted by atomic mass is 10.2. The normalized spacial score (nSPS) is 10.2. The zero-order chi connectivity index (χ0) is 13.7. The van der Waals surface area contributed by atoms with Crippen LogP contribution < -0.4 is 16.4 Å². The van der Waals surface area contributed by atoms with Crippen LogP contribution in [-0.4, -0.2) is 23.4 Å². The molecule has 18 heavy (non-hydrogen) atoms. The number of amides is 1. The number of carbonyl (C=O) groups excluding carboxylic acids is 1. The van der Waals surface area contributed by atoms with Gasteiger partial charge in [0.15, 0.2) is 0 Å². The van der Waals surface area contributed by atoms with E-state index in [9.17, 15) is 14.9 Å². The first-order valence-electron chi connectivity index (χ1n) is 5.47. The summed E-state index contributed by atoms with van der Waals surface area (Å²) in [5.41, 5.74) is 6.31. The molecule has 0 radical (unpaired) electrons. The topological polar surface area (TPSA) is 110 Å². The van der Waals surface area contributed by atoms with Crippen LogP contribution >= 0.6 is 0 Å². The molecule has 1 amide bonds. The molecule has 7 nitrogen and oxygen atoms in total. The predicted octanol–water partition coefficient (Wildman–Crippen LogP) is 1.11. The lowest BCUT2D eigenvalue weighted by molar-refractivity contribution is -0.384. The van der Waals surface area contributed by atoms with Crippen molar-refractivity contribution in [3.05, 3.63) is 28.3 Å². The lowest BCUT2D eigenvalue weighted by Crippen LogP contribution is -2.34. The largest absolute Gasteiger partial charge is 0.397 e. The summed E-state index contributed by atoms with van der Waals surface area (Å²) < 4.78 is 0. The molecule has 0 atom stereocenters. The molecule has 98 valence electrons. The van der Waals surface area contributed by atoms with Gasteiger partial charge in [-0.25, -0.2) is 0 Å². The number of anilines is 2. The highest BCUT2D eigenvalue weighted by molar-refractivity contribution is 5.82. The zero-order valence-electron chi connectivity index (χ0n) is 10.3. The van der Waals surface area contributed by atoms with Gasteiger partial charge in [0.25, 0.3) is 5.69 Å². The maximum atomic E-state index is 11.4. The van der Waals surface area contributed by atoms with Crippen LogP contribution in [0.5, 0.6) is 0 Å². The molecule has 4 N–H and O–H groups in total. The van der Waals surface area contributed by atoms with Crippen molar-refractivity contribution in [3.8, 4) is 0 Å². The van der Waals surface area contributed by atoms with E-state index in [4.69, 9.17) is 5.73 Å². The van der Waals surface area contributed by atoms with Crippen molar-refractivity contribution in [2.45, 2.75) is 19.9 Å². The molecular formula is C11H16N4O3. The first kappa shape index (κ1) is 13.8. The molecule has 0 heterocycles. The second-order valence-corrected chi connectivity index (χ2v) is 4.10. The number of nitro groups is 1. The minimum atomic E-state index is -0.522. The van der Waals surface area contributed by atoms with Gasteiger partial charge < -0.3 is 16.4 Å². The molecule has 1 aromatic carbocycles. The molecule has 0 bridgehead atoms. The second kappa shape index (κ2) is 5.85. The number of non-ortho nitro benzene ring substituents is 1. The number of carbonyl (C=O) groups is 1. The number of nitrogens with zero attached hydrogens (tertiary/aromatic N) is 1. The molecule has 0 aliphatic rings. The Morgan fingerprint density at radius 2 is 2.17 bits per heavy atom. The highest BCUT2D eigenvalue weighted by Gasteiger charge is 2.09. The number of hydrogen-bond donors (Lipinski definition) is 3. The SMILES string of the molecule is CC(C)NC(=O)CNc1ccc([N+](=O)[O-])cc1N. The third-order valence-corrected chi connectivity index (χ3v) is 2.14. The minimum absolute atomic E-state index is 0.0634. The van der Waals surface area contributed by atoms with E-state index in [1.807, 2.05) is 13.8 Å². The molecule has 1 aromatic rings. The molecule has 1 rings (SSSR count).